The van der Waals surface area contributed by atoms with Crippen molar-refractivity contribution in [2.45, 2.75) is 45.6 Å². The summed E-state index contributed by atoms with van der Waals surface area (Å²) >= 11 is 0. The molecule has 2 bridgehead atoms. The van der Waals surface area contributed by atoms with Crippen LogP contribution >= 0.6 is 0 Å². The molecule has 0 radical (unpaired) electrons. The van der Waals surface area contributed by atoms with E-state index in [1.54, 1.807) is 0 Å². The zero-order valence-electron chi connectivity index (χ0n) is 11.9. The van der Waals surface area contributed by atoms with Crippen LogP contribution in [-0.2, 0) is 12.8 Å². The summed E-state index contributed by atoms with van der Waals surface area (Å²) in [6.07, 6.45) is 4.44. The van der Waals surface area contributed by atoms with Gasteiger partial charge in [-0.2, -0.15) is 5.10 Å². The molecular formula is C14H23N5. The van der Waals surface area contributed by atoms with E-state index in [9.17, 15) is 0 Å². The van der Waals surface area contributed by atoms with Crippen LogP contribution < -0.4 is 5.32 Å². The van der Waals surface area contributed by atoms with E-state index in [0.29, 0.717) is 12.0 Å². The Kier molecular flexibility index (Phi) is 3.64. The Morgan fingerprint density at radius 3 is 2.42 bits per heavy atom. The molecule has 19 heavy (non-hydrogen) atoms. The molecule has 0 amide bonds. The normalized spacial score (nSPS) is 29.5. The Morgan fingerprint density at radius 2 is 1.84 bits per heavy atom. The second-order valence-corrected chi connectivity index (χ2v) is 5.62. The molecule has 4 heterocycles. The van der Waals surface area contributed by atoms with Gasteiger partial charge in [-0.3, -0.25) is 0 Å². The van der Waals surface area contributed by atoms with Crippen LogP contribution in [0.2, 0.25) is 0 Å². The van der Waals surface area contributed by atoms with Gasteiger partial charge in [0, 0.05) is 12.6 Å². The van der Waals surface area contributed by atoms with Crippen molar-refractivity contribution in [2.75, 3.05) is 25.0 Å². The molecule has 3 aliphatic rings. The largest absolute Gasteiger partial charge is 0.349 e. The molecule has 104 valence electrons. The summed E-state index contributed by atoms with van der Waals surface area (Å²) in [5, 5.41) is 12.1. The minimum absolute atomic E-state index is 0.501. The summed E-state index contributed by atoms with van der Waals surface area (Å²) in [5.41, 5.74) is 2.11. The predicted molar refractivity (Wildman–Crippen MR) is 75.2 cm³/mol. The van der Waals surface area contributed by atoms with Crippen molar-refractivity contribution in [1.82, 2.24) is 20.1 Å². The van der Waals surface area contributed by atoms with Crippen molar-refractivity contribution in [3.05, 3.63) is 11.4 Å². The van der Waals surface area contributed by atoms with E-state index in [4.69, 9.17) is 0 Å². The van der Waals surface area contributed by atoms with Gasteiger partial charge < -0.3 is 10.2 Å². The third-order valence-corrected chi connectivity index (χ3v) is 4.48. The molecule has 0 aliphatic carbocycles. The van der Waals surface area contributed by atoms with Gasteiger partial charge in [0.2, 0.25) is 5.95 Å². The highest BCUT2D eigenvalue weighted by Gasteiger charge is 2.34. The number of piperidine rings is 3. The fourth-order valence-corrected chi connectivity index (χ4v) is 3.29. The van der Waals surface area contributed by atoms with Crippen LogP contribution in [0.3, 0.4) is 0 Å². The number of hydrogen-bond acceptors (Lipinski definition) is 5. The maximum absolute atomic E-state index is 4.64. The van der Waals surface area contributed by atoms with E-state index in [-0.39, 0.29) is 0 Å². The number of nitrogens with zero attached hydrogens (tertiary/aromatic N) is 4. The molecule has 3 aliphatic heterocycles. The molecule has 3 saturated heterocycles. The van der Waals surface area contributed by atoms with Gasteiger partial charge >= 0.3 is 0 Å². The monoisotopic (exact) mass is 261 g/mol. The fourth-order valence-electron chi connectivity index (χ4n) is 3.29. The van der Waals surface area contributed by atoms with Gasteiger partial charge in [0.15, 0.2) is 0 Å². The lowest BCUT2D eigenvalue weighted by atomic mass is 9.84. The summed E-state index contributed by atoms with van der Waals surface area (Å²) in [7, 11) is 0. The van der Waals surface area contributed by atoms with Gasteiger partial charge in [-0.05, 0) is 44.7 Å². The molecule has 3 fully saturated rings. The number of rotatable bonds is 4. The third-order valence-electron chi connectivity index (χ3n) is 4.48. The van der Waals surface area contributed by atoms with E-state index in [2.05, 4.69) is 39.2 Å². The third kappa shape index (κ3) is 2.56. The van der Waals surface area contributed by atoms with Gasteiger partial charge in [0.25, 0.3) is 0 Å². The Hall–Kier alpha value is -1.23. The van der Waals surface area contributed by atoms with Gasteiger partial charge in [-0.1, -0.05) is 13.8 Å². The second kappa shape index (κ2) is 5.41. The van der Waals surface area contributed by atoms with Crippen LogP contribution in [-0.4, -0.2) is 45.8 Å². The quantitative estimate of drug-likeness (QED) is 0.890. The molecule has 4 rings (SSSR count). The Bertz CT molecular complexity index is 439. The molecule has 0 aromatic carbocycles. The van der Waals surface area contributed by atoms with Crippen LogP contribution in [0.25, 0.3) is 0 Å². The molecule has 5 heteroatoms. The van der Waals surface area contributed by atoms with Crippen molar-refractivity contribution < 1.29 is 0 Å². The van der Waals surface area contributed by atoms with Gasteiger partial charge in [-0.25, -0.2) is 4.98 Å². The molecule has 1 aromatic heterocycles. The van der Waals surface area contributed by atoms with Crippen molar-refractivity contribution in [1.29, 1.82) is 0 Å². The van der Waals surface area contributed by atoms with Gasteiger partial charge in [0.05, 0.1) is 11.4 Å². The molecule has 1 aromatic rings. The summed E-state index contributed by atoms with van der Waals surface area (Å²) in [5.74, 6) is 1.50. The van der Waals surface area contributed by atoms with Gasteiger partial charge in [0.1, 0.15) is 0 Å². The number of aromatic nitrogens is 3. The fraction of sp³-hybridized carbons (Fsp3) is 0.786. The minimum Gasteiger partial charge on any atom is -0.349 e. The van der Waals surface area contributed by atoms with Gasteiger partial charge in [-0.15, -0.1) is 5.10 Å². The Balaban J connectivity index is 1.73. The first-order valence-electron chi connectivity index (χ1n) is 7.51. The Morgan fingerprint density at radius 1 is 1.11 bits per heavy atom. The number of aryl methyl sites for hydroxylation is 2. The van der Waals surface area contributed by atoms with Crippen LogP contribution in [0.15, 0.2) is 0 Å². The number of hydrogen-bond donors (Lipinski definition) is 1. The number of anilines is 1. The van der Waals surface area contributed by atoms with E-state index >= 15 is 0 Å². The van der Waals surface area contributed by atoms with Crippen LogP contribution in [0.4, 0.5) is 5.95 Å². The second-order valence-electron chi connectivity index (χ2n) is 5.62. The smallest absolute Gasteiger partial charge is 0.243 e. The average molecular weight is 261 g/mol. The van der Waals surface area contributed by atoms with Crippen LogP contribution in [0.5, 0.6) is 0 Å². The van der Waals surface area contributed by atoms with E-state index < -0.39 is 0 Å². The first-order valence-corrected chi connectivity index (χ1v) is 7.51. The summed E-state index contributed by atoms with van der Waals surface area (Å²) in [6, 6.07) is 0.501. The van der Waals surface area contributed by atoms with E-state index in [0.717, 1.165) is 36.7 Å². The highest BCUT2D eigenvalue weighted by Crippen LogP contribution is 2.29. The maximum atomic E-state index is 4.64. The first-order chi connectivity index (χ1) is 9.30. The van der Waals surface area contributed by atoms with Crippen LogP contribution in [0.1, 0.15) is 38.1 Å². The Labute approximate surface area is 114 Å². The zero-order chi connectivity index (χ0) is 13.2. The number of nitrogens with one attached hydrogen (secondary N) is 1. The van der Waals surface area contributed by atoms with E-state index in [1.807, 2.05) is 0 Å². The molecule has 5 nitrogen and oxygen atoms in total. The van der Waals surface area contributed by atoms with Crippen molar-refractivity contribution in [3.63, 3.8) is 0 Å². The lowest BCUT2D eigenvalue weighted by Gasteiger charge is -2.44. The lowest BCUT2D eigenvalue weighted by Crippen LogP contribution is -2.53. The SMILES string of the molecule is CCc1nnc(NC2CN3CCC2CC3)nc1CC. The summed E-state index contributed by atoms with van der Waals surface area (Å²) in [4.78, 5) is 7.17. The zero-order valence-corrected chi connectivity index (χ0v) is 11.9. The molecular weight excluding hydrogens is 238 g/mol. The number of fused-ring (bicyclic) bond motifs is 3. The molecule has 1 unspecified atom stereocenters. The average Bonchev–Trinajstić information content (AvgIpc) is 2.48. The highest BCUT2D eigenvalue weighted by molar-refractivity contribution is 5.28. The van der Waals surface area contributed by atoms with E-state index in [1.165, 1.54) is 25.9 Å². The standard InChI is InChI=1S/C14H23N5/c1-3-11-12(4-2)17-18-14(15-11)16-13-9-19-7-5-10(13)6-8-19/h10,13H,3-9H2,1-2H3,(H,15,16,18). The first kappa shape index (κ1) is 12.8. The molecule has 1 atom stereocenters. The topological polar surface area (TPSA) is 53.9 Å². The lowest BCUT2D eigenvalue weighted by molar-refractivity contribution is 0.0971. The summed E-state index contributed by atoms with van der Waals surface area (Å²) < 4.78 is 0. The maximum Gasteiger partial charge on any atom is 0.243 e. The van der Waals surface area contributed by atoms with Crippen molar-refractivity contribution in [3.8, 4) is 0 Å². The molecule has 0 saturated carbocycles. The molecule has 1 N–H and O–H groups in total. The minimum atomic E-state index is 0.501. The summed E-state index contributed by atoms with van der Waals surface area (Å²) in [6.45, 7) is 7.88. The van der Waals surface area contributed by atoms with Crippen LogP contribution in [0, 0.1) is 5.92 Å². The predicted octanol–water partition coefficient (Wildman–Crippen LogP) is 1.50. The van der Waals surface area contributed by atoms with Crippen molar-refractivity contribution in [2.24, 2.45) is 5.92 Å². The van der Waals surface area contributed by atoms with Crippen molar-refractivity contribution >= 4 is 5.95 Å². The highest BCUT2D eigenvalue weighted by atomic mass is 15.3. The molecule has 0 spiro atoms.